The first-order valence-corrected chi connectivity index (χ1v) is 7.15. The van der Waals surface area contributed by atoms with E-state index in [9.17, 15) is 4.79 Å². The van der Waals surface area contributed by atoms with Crippen LogP contribution < -0.4 is 10.2 Å². The number of hydrogen-bond acceptors (Lipinski definition) is 5. The lowest BCUT2D eigenvalue weighted by Crippen LogP contribution is -2.64. The van der Waals surface area contributed by atoms with Crippen LogP contribution in [0.25, 0.3) is 0 Å². The summed E-state index contributed by atoms with van der Waals surface area (Å²) in [5.41, 5.74) is 3.17. The van der Waals surface area contributed by atoms with Gasteiger partial charge in [0.05, 0.1) is 0 Å². The van der Waals surface area contributed by atoms with Gasteiger partial charge in [-0.3, -0.25) is 9.69 Å². The van der Waals surface area contributed by atoms with Crippen LogP contribution in [0.3, 0.4) is 0 Å². The Morgan fingerprint density at radius 1 is 1.10 bits per heavy atom. The summed E-state index contributed by atoms with van der Waals surface area (Å²) in [6.07, 6.45) is 0. The molecule has 3 rings (SSSR count). The van der Waals surface area contributed by atoms with Crippen molar-refractivity contribution in [2.45, 2.75) is 26.8 Å². The van der Waals surface area contributed by atoms with Gasteiger partial charge in [0.1, 0.15) is 6.04 Å². The fourth-order valence-electron chi connectivity index (χ4n) is 2.85. The van der Waals surface area contributed by atoms with Crippen LogP contribution in [0.2, 0.25) is 0 Å². The number of nitrogens with zero attached hydrogens (tertiary/aromatic N) is 4. The van der Waals surface area contributed by atoms with E-state index >= 15 is 0 Å². The highest BCUT2D eigenvalue weighted by Gasteiger charge is 2.35. The van der Waals surface area contributed by atoms with Gasteiger partial charge in [0.15, 0.2) is 0 Å². The van der Waals surface area contributed by atoms with Crippen molar-refractivity contribution >= 4 is 11.9 Å². The van der Waals surface area contributed by atoms with E-state index in [1.807, 2.05) is 20.8 Å². The number of piperazine rings is 2. The number of amides is 1. The lowest BCUT2D eigenvalue weighted by molar-refractivity contribution is -0.129. The van der Waals surface area contributed by atoms with Gasteiger partial charge in [0.25, 0.3) is 0 Å². The summed E-state index contributed by atoms with van der Waals surface area (Å²) in [5, 5.41) is 2.94. The van der Waals surface area contributed by atoms with Gasteiger partial charge in [0.2, 0.25) is 11.9 Å². The molecule has 1 atom stereocenters. The molecular formula is C14H21N5O. The Balaban J connectivity index is 1.83. The summed E-state index contributed by atoms with van der Waals surface area (Å²) in [6, 6.07) is -0.0667. The van der Waals surface area contributed by atoms with Crippen LogP contribution in [-0.4, -0.2) is 59.5 Å². The number of hydrogen-bond donors (Lipinski definition) is 1. The van der Waals surface area contributed by atoms with E-state index in [1.54, 1.807) is 0 Å². The Hall–Kier alpha value is -1.69. The molecule has 2 saturated heterocycles. The van der Waals surface area contributed by atoms with E-state index in [2.05, 4.69) is 25.1 Å². The van der Waals surface area contributed by atoms with Crippen molar-refractivity contribution in [3.05, 3.63) is 17.0 Å². The molecule has 0 bridgehead atoms. The van der Waals surface area contributed by atoms with Crippen molar-refractivity contribution in [1.29, 1.82) is 0 Å². The van der Waals surface area contributed by atoms with E-state index in [0.717, 1.165) is 49.1 Å². The molecule has 2 fully saturated rings. The number of nitrogens with one attached hydrogen (secondary N) is 1. The topological polar surface area (TPSA) is 61.4 Å². The number of anilines is 1. The predicted molar refractivity (Wildman–Crippen MR) is 76.8 cm³/mol. The monoisotopic (exact) mass is 275 g/mol. The quantitative estimate of drug-likeness (QED) is 0.783. The minimum Gasteiger partial charge on any atom is -0.353 e. The van der Waals surface area contributed by atoms with Gasteiger partial charge in [-0.2, -0.15) is 0 Å². The Labute approximate surface area is 119 Å². The molecule has 1 aromatic heterocycles. The van der Waals surface area contributed by atoms with Crippen molar-refractivity contribution in [2.75, 3.05) is 37.6 Å². The summed E-state index contributed by atoms with van der Waals surface area (Å²) in [4.78, 5) is 25.5. The maximum absolute atomic E-state index is 12.0. The molecule has 2 aliphatic rings. The maximum atomic E-state index is 12.0. The van der Waals surface area contributed by atoms with E-state index in [1.165, 1.54) is 0 Å². The number of rotatable bonds is 1. The molecule has 3 heterocycles. The van der Waals surface area contributed by atoms with Crippen LogP contribution in [0.4, 0.5) is 5.95 Å². The molecule has 1 N–H and O–H groups in total. The van der Waals surface area contributed by atoms with Crippen molar-refractivity contribution in [2.24, 2.45) is 0 Å². The highest BCUT2D eigenvalue weighted by molar-refractivity contribution is 5.83. The Kier molecular flexibility index (Phi) is 3.33. The second-order valence-electron chi connectivity index (χ2n) is 5.61. The van der Waals surface area contributed by atoms with E-state index in [4.69, 9.17) is 0 Å². The Bertz CT molecular complexity index is 521. The standard InChI is InChI=1S/C14H21N5O/c1-9-10(2)16-14(17-11(9)3)19-7-6-18-5-4-15-13(20)12(18)8-19/h12H,4-8H2,1-3H3,(H,15,20). The van der Waals surface area contributed by atoms with Crippen LogP contribution >= 0.6 is 0 Å². The fourth-order valence-corrected chi connectivity index (χ4v) is 2.85. The van der Waals surface area contributed by atoms with E-state index in [0.29, 0.717) is 6.54 Å². The first-order valence-electron chi connectivity index (χ1n) is 7.15. The van der Waals surface area contributed by atoms with Crippen molar-refractivity contribution in [1.82, 2.24) is 20.2 Å². The largest absolute Gasteiger partial charge is 0.353 e. The molecule has 1 aromatic rings. The molecule has 6 heteroatoms. The average Bonchev–Trinajstić information content (AvgIpc) is 2.44. The second kappa shape index (κ2) is 5.01. The molecular weight excluding hydrogens is 254 g/mol. The first kappa shape index (κ1) is 13.3. The van der Waals surface area contributed by atoms with Crippen LogP contribution in [0.15, 0.2) is 0 Å². The minimum atomic E-state index is -0.0667. The number of fused-ring (bicyclic) bond motifs is 1. The zero-order chi connectivity index (χ0) is 14.3. The predicted octanol–water partition coefficient (Wildman–Crippen LogP) is 0.0223. The molecule has 1 amide bonds. The lowest BCUT2D eigenvalue weighted by atomic mass is 10.1. The summed E-state index contributed by atoms with van der Waals surface area (Å²) in [5.74, 6) is 0.880. The van der Waals surface area contributed by atoms with Gasteiger partial charge < -0.3 is 10.2 Å². The fraction of sp³-hybridized carbons (Fsp3) is 0.643. The molecule has 20 heavy (non-hydrogen) atoms. The van der Waals surface area contributed by atoms with Crippen molar-refractivity contribution in [3.8, 4) is 0 Å². The van der Waals surface area contributed by atoms with Gasteiger partial charge >= 0.3 is 0 Å². The summed E-state index contributed by atoms with van der Waals surface area (Å²) < 4.78 is 0. The van der Waals surface area contributed by atoms with Crippen LogP contribution in [-0.2, 0) is 4.79 Å². The third-order valence-corrected chi connectivity index (χ3v) is 4.40. The first-order chi connectivity index (χ1) is 9.56. The molecule has 0 aliphatic carbocycles. The normalized spacial score (nSPS) is 23.4. The lowest BCUT2D eigenvalue weighted by Gasteiger charge is -2.43. The van der Waals surface area contributed by atoms with Crippen LogP contribution in [0.5, 0.6) is 0 Å². The van der Waals surface area contributed by atoms with Gasteiger partial charge in [-0.15, -0.1) is 0 Å². The molecule has 0 radical (unpaired) electrons. The molecule has 2 aliphatic heterocycles. The molecule has 0 spiro atoms. The number of carbonyl (C=O) groups excluding carboxylic acids is 1. The third kappa shape index (κ3) is 2.24. The summed E-state index contributed by atoms with van der Waals surface area (Å²) in [6.45, 7) is 10.2. The van der Waals surface area contributed by atoms with Gasteiger partial charge in [0, 0.05) is 44.1 Å². The highest BCUT2D eigenvalue weighted by Crippen LogP contribution is 2.19. The van der Waals surface area contributed by atoms with Gasteiger partial charge in [-0.1, -0.05) is 0 Å². The molecule has 6 nitrogen and oxygen atoms in total. The SMILES string of the molecule is Cc1nc(N2CCN3CCNC(=O)C3C2)nc(C)c1C. The highest BCUT2D eigenvalue weighted by atomic mass is 16.2. The number of aryl methyl sites for hydroxylation is 2. The zero-order valence-electron chi connectivity index (χ0n) is 12.3. The van der Waals surface area contributed by atoms with Crippen molar-refractivity contribution < 1.29 is 4.79 Å². The molecule has 0 saturated carbocycles. The molecule has 1 unspecified atom stereocenters. The Morgan fingerprint density at radius 2 is 1.80 bits per heavy atom. The van der Waals surface area contributed by atoms with Crippen LogP contribution in [0, 0.1) is 20.8 Å². The van der Waals surface area contributed by atoms with E-state index < -0.39 is 0 Å². The summed E-state index contributed by atoms with van der Waals surface area (Å²) in [7, 11) is 0. The summed E-state index contributed by atoms with van der Waals surface area (Å²) >= 11 is 0. The number of carbonyl (C=O) groups is 1. The van der Waals surface area contributed by atoms with Crippen molar-refractivity contribution in [3.63, 3.8) is 0 Å². The average molecular weight is 275 g/mol. The maximum Gasteiger partial charge on any atom is 0.239 e. The number of aromatic nitrogens is 2. The zero-order valence-corrected chi connectivity index (χ0v) is 12.3. The van der Waals surface area contributed by atoms with Gasteiger partial charge in [-0.25, -0.2) is 9.97 Å². The Morgan fingerprint density at radius 3 is 2.50 bits per heavy atom. The smallest absolute Gasteiger partial charge is 0.239 e. The second-order valence-corrected chi connectivity index (χ2v) is 5.61. The third-order valence-electron chi connectivity index (χ3n) is 4.40. The molecule has 0 aromatic carbocycles. The minimum absolute atomic E-state index is 0.0667. The van der Waals surface area contributed by atoms with E-state index in [-0.39, 0.29) is 11.9 Å². The van der Waals surface area contributed by atoms with Gasteiger partial charge in [-0.05, 0) is 26.3 Å². The van der Waals surface area contributed by atoms with Crippen LogP contribution in [0.1, 0.15) is 17.0 Å². The molecule has 108 valence electrons.